The molecule has 7 N–H and O–H groups in total. The number of ether oxygens (including phenoxy) is 1. The lowest BCUT2D eigenvalue weighted by Gasteiger charge is -2.31. The van der Waals surface area contributed by atoms with Gasteiger partial charge in [-0.25, -0.2) is 22.9 Å². The fourth-order valence-corrected chi connectivity index (χ4v) is 6.04. The van der Waals surface area contributed by atoms with Crippen molar-refractivity contribution in [2.75, 3.05) is 12.3 Å². The number of phosphoric ester groups is 1. The first kappa shape index (κ1) is 27.2. The Morgan fingerprint density at radius 2 is 1.88 bits per heavy atom. The Morgan fingerprint density at radius 1 is 1.25 bits per heavy atom. The second-order valence-electron chi connectivity index (χ2n) is 6.62. The number of hydrogen-bond acceptors (Lipinski definition) is 11. The molecule has 6 unspecified atom stereocenters. The third-order valence-electron chi connectivity index (χ3n) is 4.16. The van der Waals surface area contributed by atoms with Gasteiger partial charge in [0.05, 0.1) is 6.61 Å². The van der Waals surface area contributed by atoms with Crippen molar-refractivity contribution in [3.05, 3.63) is 22.7 Å². The molecular weight excluding hydrogens is 506 g/mol. The normalized spacial score (nSPS) is 30.0. The highest BCUT2D eigenvalue weighted by Crippen LogP contribution is 2.66. The van der Waals surface area contributed by atoms with Gasteiger partial charge in [-0.1, -0.05) is 13.3 Å². The van der Waals surface area contributed by atoms with Gasteiger partial charge >= 0.3 is 29.2 Å². The van der Waals surface area contributed by atoms with E-state index in [1.54, 1.807) is 6.92 Å². The zero-order valence-electron chi connectivity index (χ0n) is 16.2. The second kappa shape index (κ2) is 9.66. The molecule has 0 radical (unpaired) electrons. The Labute approximate surface area is 179 Å². The molecule has 1 saturated heterocycles. The molecule has 1 aromatic heterocycles. The topological polar surface area (TPSA) is 250 Å². The Hall–Kier alpha value is -1.06. The zero-order valence-corrected chi connectivity index (χ0v) is 18.9. The third-order valence-corrected chi connectivity index (χ3v) is 7.94. The van der Waals surface area contributed by atoms with Crippen molar-refractivity contribution in [1.82, 2.24) is 9.55 Å². The Bertz CT molecular complexity index is 1030. The molecule has 1 aliphatic heterocycles. The van der Waals surface area contributed by atoms with Gasteiger partial charge in [-0.2, -0.15) is 13.6 Å². The van der Waals surface area contributed by atoms with Crippen LogP contribution in [-0.4, -0.2) is 58.7 Å². The van der Waals surface area contributed by atoms with E-state index in [4.69, 9.17) is 20.3 Å². The fraction of sp³-hybridized carbons (Fsp3) is 0.667. The van der Waals surface area contributed by atoms with Crippen LogP contribution in [0, 0.1) is 0 Å². The molecule has 16 nitrogen and oxygen atoms in total. The van der Waals surface area contributed by atoms with Gasteiger partial charge in [0.15, 0.2) is 12.4 Å². The minimum atomic E-state index is -5.78. The summed E-state index contributed by atoms with van der Waals surface area (Å²) < 4.78 is 66.8. The Balaban J connectivity index is 2.24. The lowest BCUT2D eigenvalue weighted by molar-refractivity contribution is -0.131. The van der Waals surface area contributed by atoms with E-state index in [-0.39, 0.29) is 18.7 Å². The van der Waals surface area contributed by atoms with Gasteiger partial charge in [0.25, 0.3) is 0 Å². The molecule has 1 aliphatic rings. The summed E-state index contributed by atoms with van der Waals surface area (Å²) in [5.74, 6) is -0.160. The van der Waals surface area contributed by atoms with E-state index in [0.29, 0.717) is 4.57 Å². The highest BCUT2D eigenvalue weighted by molar-refractivity contribution is 7.66. The number of aliphatic hydroxyl groups is 1. The maximum absolute atomic E-state index is 14.8. The number of rotatable bonds is 10. The van der Waals surface area contributed by atoms with Crippen LogP contribution in [0.2, 0.25) is 0 Å². The molecule has 0 spiro atoms. The first-order valence-corrected chi connectivity index (χ1v) is 13.2. The lowest BCUT2D eigenvalue weighted by atomic mass is 9.92. The summed E-state index contributed by atoms with van der Waals surface area (Å²) >= 11 is 0. The summed E-state index contributed by atoms with van der Waals surface area (Å²) in [5.41, 5.74) is 2.32. The van der Waals surface area contributed by atoms with Gasteiger partial charge < -0.3 is 35.2 Å². The molecule has 0 saturated carbocycles. The molecule has 0 aromatic carbocycles. The number of aromatic nitrogens is 2. The minimum absolute atomic E-state index is 0.160. The number of hydrogen-bond donors (Lipinski definition) is 6. The zero-order chi connectivity index (χ0) is 24.5. The maximum Gasteiger partial charge on any atom is 0.490 e. The van der Waals surface area contributed by atoms with Crippen molar-refractivity contribution in [2.45, 2.75) is 43.9 Å². The van der Waals surface area contributed by atoms with Gasteiger partial charge in [0.1, 0.15) is 17.5 Å². The summed E-state index contributed by atoms with van der Waals surface area (Å²) in [5, 5.41) is 10.4. The number of nitrogens with two attached hydrogens (primary N) is 1. The van der Waals surface area contributed by atoms with E-state index >= 15 is 0 Å². The third kappa shape index (κ3) is 6.73. The average molecular weight is 527 g/mol. The second-order valence-corrected chi connectivity index (χ2v) is 11.0. The quantitative estimate of drug-likeness (QED) is 0.218. The number of halogens is 1. The van der Waals surface area contributed by atoms with E-state index in [0.717, 1.165) is 12.3 Å². The lowest BCUT2D eigenvalue weighted by Crippen LogP contribution is -2.46. The molecule has 0 aliphatic carbocycles. The summed E-state index contributed by atoms with van der Waals surface area (Å²) in [6.45, 7) is 0.486. The number of anilines is 1. The van der Waals surface area contributed by atoms with Crippen molar-refractivity contribution >= 4 is 29.3 Å². The molecule has 184 valence electrons. The van der Waals surface area contributed by atoms with Crippen LogP contribution in [0.5, 0.6) is 0 Å². The van der Waals surface area contributed by atoms with Crippen LogP contribution in [0.4, 0.5) is 10.2 Å². The summed E-state index contributed by atoms with van der Waals surface area (Å²) in [6.07, 6.45) is -4.90. The highest BCUT2D eigenvalue weighted by Gasteiger charge is 2.57. The van der Waals surface area contributed by atoms with Crippen molar-refractivity contribution in [3.63, 3.8) is 0 Å². The Morgan fingerprint density at radius 3 is 2.41 bits per heavy atom. The smallest absolute Gasteiger partial charge is 0.387 e. The predicted octanol–water partition coefficient (Wildman–Crippen LogP) is -0.0645. The molecule has 2 heterocycles. The van der Waals surface area contributed by atoms with Gasteiger partial charge in [0, 0.05) is 6.20 Å². The molecule has 20 heteroatoms. The van der Waals surface area contributed by atoms with Crippen molar-refractivity contribution in [2.24, 2.45) is 0 Å². The molecule has 6 atom stereocenters. The van der Waals surface area contributed by atoms with Crippen LogP contribution in [0.1, 0.15) is 26.0 Å². The van der Waals surface area contributed by atoms with Crippen LogP contribution in [0.3, 0.4) is 0 Å². The van der Waals surface area contributed by atoms with Crippen LogP contribution >= 0.6 is 23.5 Å². The van der Waals surface area contributed by atoms with Crippen LogP contribution < -0.4 is 11.4 Å². The number of nitrogens with zero attached hydrogens (tertiary/aromatic N) is 2. The monoisotopic (exact) mass is 527 g/mol. The molecule has 0 amide bonds. The molecule has 32 heavy (non-hydrogen) atoms. The highest BCUT2D eigenvalue weighted by atomic mass is 31.3. The first-order valence-electron chi connectivity index (χ1n) is 8.64. The SMILES string of the molecule is CCCC1(COP(=O)(O)OP(=O)(O)OP(=O)(O)O)OC(n2ccc(N)nc2=O)C(F)C1O. The fourth-order valence-electron chi connectivity index (χ4n) is 2.97. The van der Waals surface area contributed by atoms with E-state index in [9.17, 15) is 37.8 Å². The standard InChI is InChI=1S/C12H21FN3O13P3/c1-2-4-12(6-26-31(22,23)29-32(24,25)28-30(19,20)21)9(17)8(13)10(27-12)16-5-3-7(14)15-11(16)18/h3,5,8-10,17H,2,4,6H2,1H3,(H,22,23)(H,24,25)(H2,14,15,18)(H2,19,20,21). The summed E-state index contributed by atoms with van der Waals surface area (Å²) in [4.78, 5) is 51.3. The first-order chi connectivity index (χ1) is 14.5. The van der Waals surface area contributed by atoms with E-state index < -0.39 is 59.9 Å². The Kier molecular flexibility index (Phi) is 8.21. The van der Waals surface area contributed by atoms with E-state index in [1.165, 1.54) is 0 Å². The van der Waals surface area contributed by atoms with Gasteiger partial charge in [-0.3, -0.25) is 9.09 Å². The predicted molar refractivity (Wildman–Crippen MR) is 101 cm³/mol. The number of phosphoric acid groups is 3. The van der Waals surface area contributed by atoms with E-state index in [1.807, 2.05) is 0 Å². The van der Waals surface area contributed by atoms with Crippen molar-refractivity contribution < 1.29 is 60.6 Å². The minimum Gasteiger partial charge on any atom is -0.387 e. The maximum atomic E-state index is 14.8. The molecular formula is C12H21FN3O13P3. The average Bonchev–Trinajstić information content (AvgIpc) is 2.83. The number of nitrogen functional groups attached to an aromatic ring is 1. The summed E-state index contributed by atoms with van der Waals surface area (Å²) in [7, 11) is -16.9. The number of alkyl halides is 1. The van der Waals surface area contributed by atoms with Crippen LogP contribution in [0.25, 0.3) is 0 Å². The molecule has 2 rings (SSSR count). The summed E-state index contributed by atoms with van der Waals surface area (Å²) in [6, 6.07) is 1.16. The van der Waals surface area contributed by atoms with Gasteiger partial charge in [-0.15, -0.1) is 0 Å². The van der Waals surface area contributed by atoms with Crippen molar-refractivity contribution in [3.8, 4) is 0 Å². The largest absolute Gasteiger partial charge is 0.490 e. The molecule has 1 fully saturated rings. The van der Waals surface area contributed by atoms with Crippen molar-refractivity contribution in [1.29, 1.82) is 0 Å². The molecule has 1 aromatic rings. The van der Waals surface area contributed by atoms with Gasteiger partial charge in [-0.05, 0) is 12.5 Å². The van der Waals surface area contributed by atoms with E-state index in [2.05, 4.69) is 18.1 Å². The number of aliphatic hydroxyl groups excluding tert-OH is 1. The van der Waals surface area contributed by atoms with Gasteiger partial charge in [0.2, 0.25) is 0 Å². The molecule has 0 bridgehead atoms. The van der Waals surface area contributed by atoms with Crippen LogP contribution in [-0.2, 0) is 31.6 Å². The van der Waals surface area contributed by atoms with Crippen LogP contribution in [0.15, 0.2) is 17.1 Å².